The summed E-state index contributed by atoms with van der Waals surface area (Å²) in [5, 5.41) is 0. The smallest absolute Gasteiger partial charge is 0.130 e. The largest absolute Gasteiger partial charge is 0.487 e. The molecule has 1 saturated carbocycles. The molecule has 4 nitrogen and oxygen atoms in total. The molecule has 2 aromatic rings. The summed E-state index contributed by atoms with van der Waals surface area (Å²) < 4.78 is 9.06. The summed E-state index contributed by atoms with van der Waals surface area (Å²) in [5.74, 6) is 0.840. The lowest BCUT2D eigenvalue weighted by Gasteiger charge is -2.10. The Kier molecular flexibility index (Phi) is 3.57. The normalized spacial score (nSPS) is 14.6. The Hall–Kier alpha value is -1.33. The molecular formula is C14H16BrN3O. The Labute approximate surface area is 120 Å². The maximum Gasteiger partial charge on any atom is 0.130 e. The van der Waals surface area contributed by atoms with Crippen LogP contribution in [0, 0.1) is 0 Å². The van der Waals surface area contributed by atoms with Crippen LogP contribution >= 0.6 is 15.9 Å². The molecule has 2 N–H and O–H groups in total. The highest BCUT2D eigenvalue weighted by molar-refractivity contribution is 9.10. The molecule has 0 aliphatic heterocycles. The van der Waals surface area contributed by atoms with Crippen molar-refractivity contribution < 1.29 is 4.74 Å². The molecule has 0 atom stereocenters. The number of aromatic nitrogens is 2. The van der Waals surface area contributed by atoms with E-state index < -0.39 is 0 Å². The van der Waals surface area contributed by atoms with E-state index in [1.54, 1.807) is 0 Å². The highest BCUT2D eigenvalue weighted by atomic mass is 79.9. The van der Waals surface area contributed by atoms with Crippen LogP contribution in [-0.2, 0) is 13.2 Å². The summed E-state index contributed by atoms with van der Waals surface area (Å²) in [4.78, 5) is 4.20. The second-order valence-corrected chi connectivity index (χ2v) is 5.62. The van der Waals surface area contributed by atoms with Crippen LogP contribution < -0.4 is 10.5 Å². The molecule has 1 aromatic heterocycles. The molecule has 0 radical (unpaired) electrons. The van der Waals surface area contributed by atoms with E-state index in [2.05, 4.69) is 25.5 Å². The van der Waals surface area contributed by atoms with Crippen molar-refractivity contribution >= 4 is 15.9 Å². The van der Waals surface area contributed by atoms with Crippen LogP contribution in [0.3, 0.4) is 0 Å². The number of hydrogen-bond acceptors (Lipinski definition) is 3. The molecule has 1 heterocycles. The topological polar surface area (TPSA) is 53.1 Å². The van der Waals surface area contributed by atoms with E-state index in [9.17, 15) is 0 Å². The second kappa shape index (κ2) is 5.35. The van der Waals surface area contributed by atoms with Gasteiger partial charge in [-0.1, -0.05) is 15.9 Å². The maximum absolute atomic E-state index is 5.83. The van der Waals surface area contributed by atoms with E-state index in [1.165, 1.54) is 12.8 Å². The van der Waals surface area contributed by atoms with Crippen LogP contribution in [0.15, 0.2) is 35.2 Å². The number of imidazole rings is 1. The first kappa shape index (κ1) is 12.7. The van der Waals surface area contributed by atoms with Crippen LogP contribution in [0.5, 0.6) is 5.75 Å². The number of ether oxygens (including phenoxy) is 1. The van der Waals surface area contributed by atoms with Crippen LogP contribution in [0.1, 0.15) is 30.1 Å². The van der Waals surface area contributed by atoms with Gasteiger partial charge in [0.2, 0.25) is 0 Å². The van der Waals surface area contributed by atoms with E-state index in [1.807, 2.05) is 30.7 Å². The molecule has 0 spiro atoms. The predicted molar refractivity (Wildman–Crippen MR) is 76.9 cm³/mol. The minimum Gasteiger partial charge on any atom is -0.487 e. The summed E-state index contributed by atoms with van der Waals surface area (Å²) in [6, 6.07) is 6.52. The molecule has 1 aliphatic carbocycles. The fraction of sp³-hybridized carbons (Fsp3) is 0.357. The molecule has 3 rings (SSSR count). The number of nitrogens with zero attached hydrogens (tertiary/aromatic N) is 2. The molecule has 100 valence electrons. The molecular weight excluding hydrogens is 306 g/mol. The average Bonchev–Trinajstić information content (AvgIpc) is 3.17. The van der Waals surface area contributed by atoms with E-state index in [-0.39, 0.29) is 0 Å². The van der Waals surface area contributed by atoms with Crippen LogP contribution in [0.25, 0.3) is 0 Å². The summed E-state index contributed by atoms with van der Waals surface area (Å²) in [6.07, 6.45) is 6.27. The van der Waals surface area contributed by atoms with E-state index in [4.69, 9.17) is 10.5 Å². The van der Waals surface area contributed by atoms with Crippen molar-refractivity contribution in [3.63, 3.8) is 0 Å². The van der Waals surface area contributed by atoms with Gasteiger partial charge in [0.15, 0.2) is 0 Å². The second-order valence-electron chi connectivity index (χ2n) is 4.77. The first-order chi connectivity index (χ1) is 9.28. The standard InChI is InChI=1S/C14H16BrN3O/c15-14-4-3-13(5-10(14)6-16)19-8-12-7-17-9-18(12)11-1-2-11/h3-5,7,9,11H,1-2,6,8,16H2. The first-order valence-corrected chi connectivity index (χ1v) is 7.19. The lowest BCUT2D eigenvalue weighted by atomic mass is 10.2. The summed E-state index contributed by atoms with van der Waals surface area (Å²) in [6.45, 7) is 1.04. The third kappa shape index (κ3) is 2.82. The first-order valence-electron chi connectivity index (χ1n) is 6.40. The minimum absolute atomic E-state index is 0.498. The van der Waals surface area contributed by atoms with Gasteiger partial charge in [-0.25, -0.2) is 4.98 Å². The number of rotatable bonds is 5. The van der Waals surface area contributed by atoms with Crippen molar-refractivity contribution in [1.82, 2.24) is 9.55 Å². The van der Waals surface area contributed by atoms with E-state index in [0.717, 1.165) is 21.5 Å². The zero-order valence-corrected chi connectivity index (χ0v) is 12.1. The van der Waals surface area contributed by atoms with Gasteiger partial charge >= 0.3 is 0 Å². The van der Waals surface area contributed by atoms with Gasteiger partial charge in [-0.2, -0.15) is 0 Å². The van der Waals surface area contributed by atoms with Crippen molar-refractivity contribution in [2.24, 2.45) is 5.73 Å². The maximum atomic E-state index is 5.83. The highest BCUT2D eigenvalue weighted by Gasteiger charge is 2.25. The molecule has 19 heavy (non-hydrogen) atoms. The zero-order chi connectivity index (χ0) is 13.2. The molecule has 5 heteroatoms. The Morgan fingerprint density at radius 1 is 1.42 bits per heavy atom. The highest BCUT2D eigenvalue weighted by Crippen LogP contribution is 2.35. The van der Waals surface area contributed by atoms with Gasteiger partial charge in [0.1, 0.15) is 12.4 Å². The monoisotopic (exact) mass is 321 g/mol. The molecule has 1 aromatic carbocycles. The molecule has 0 amide bonds. The van der Waals surface area contributed by atoms with Crippen molar-refractivity contribution in [3.8, 4) is 5.75 Å². The van der Waals surface area contributed by atoms with Gasteiger partial charge in [0.25, 0.3) is 0 Å². The van der Waals surface area contributed by atoms with Gasteiger partial charge in [0.05, 0.1) is 18.2 Å². The van der Waals surface area contributed by atoms with Crippen LogP contribution in [0.4, 0.5) is 0 Å². The molecule has 0 saturated heterocycles. The Balaban J connectivity index is 1.70. The lowest BCUT2D eigenvalue weighted by Crippen LogP contribution is -2.04. The molecule has 1 fully saturated rings. The predicted octanol–water partition coefficient (Wildman–Crippen LogP) is 3.02. The number of halogens is 1. The van der Waals surface area contributed by atoms with Gasteiger partial charge < -0.3 is 15.0 Å². The van der Waals surface area contributed by atoms with E-state index >= 15 is 0 Å². The Morgan fingerprint density at radius 2 is 2.26 bits per heavy atom. The van der Waals surface area contributed by atoms with E-state index in [0.29, 0.717) is 19.2 Å². The molecule has 1 aliphatic rings. The van der Waals surface area contributed by atoms with Crippen molar-refractivity contribution in [2.45, 2.75) is 32.0 Å². The van der Waals surface area contributed by atoms with Crippen molar-refractivity contribution in [2.75, 3.05) is 0 Å². The Bertz CT molecular complexity index is 578. The number of nitrogens with two attached hydrogens (primary N) is 1. The third-order valence-corrected chi connectivity index (χ3v) is 4.08. The fourth-order valence-electron chi connectivity index (χ4n) is 2.08. The number of benzene rings is 1. The molecule has 0 unspecified atom stereocenters. The van der Waals surface area contributed by atoms with Crippen LogP contribution in [-0.4, -0.2) is 9.55 Å². The quantitative estimate of drug-likeness (QED) is 0.921. The SMILES string of the molecule is NCc1cc(OCc2cncn2C2CC2)ccc1Br. The van der Waals surface area contributed by atoms with Crippen molar-refractivity contribution in [3.05, 3.63) is 46.5 Å². The van der Waals surface area contributed by atoms with Gasteiger partial charge in [-0.3, -0.25) is 0 Å². The third-order valence-electron chi connectivity index (χ3n) is 3.31. The van der Waals surface area contributed by atoms with Gasteiger partial charge in [0, 0.05) is 17.1 Å². The van der Waals surface area contributed by atoms with Crippen LogP contribution in [0.2, 0.25) is 0 Å². The summed E-state index contributed by atoms with van der Waals surface area (Å²) in [5.41, 5.74) is 7.86. The Morgan fingerprint density at radius 3 is 3.00 bits per heavy atom. The lowest BCUT2D eigenvalue weighted by molar-refractivity contribution is 0.294. The van der Waals surface area contributed by atoms with Crippen molar-refractivity contribution in [1.29, 1.82) is 0 Å². The summed E-state index contributed by atoms with van der Waals surface area (Å²) >= 11 is 3.47. The van der Waals surface area contributed by atoms with Gasteiger partial charge in [-0.15, -0.1) is 0 Å². The number of hydrogen-bond donors (Lipinski definition) is 1. The average molecular weight is 322 g/mol. The van der Waals surface area contributed by atoms with Gasteiger partial charge in [-0.05, 0) is 36.6 Å². The summed E-state index contributed by atoms with van der Waals surface area (Å²) in [7, 11) is 0. The molecule has 0 bridgehead atoms. The fourth-order valence-corrected chi connectivity index (χ4v) is 2.49. The zero-order valence-electron chi connectivity index (χ0n) is 10.6. The minimum atomic E-state index is 0.498.